The third-order valence-corrected chi connectivity index (χ3v) is 5.15. The van der Waals surface area contributed by atoms with Gasteiger partial charge in [0.1, 0.15) is 0 Å². The first kappa shape index (κ1) is 20.8. The molecular formula is C22H27N3O4. The molecule has 0 aliphatic carbocycles. The van der Waals surface area contributed by atoms with Gasteiger partial charge in [-0.15, -0.1) is 0 Å². The number of benzene rings is 2. The number of hydrogen-bond acceptors (Lipinski definition) is 4. The van der Waals surface area contributed by atoms with E-state index in [-0.39, 0.29) is 30.2 Å². The standard InChI is InChI=1S/C22H27N3O4/c1-29-13-11-23-20(26)14-24-21(27)17-8-5-12-25(15-17)22(28)19-10-4-7-16-6-2-3-9-18(16)19/h2-4,6-7,9-10,17H,5,8,11-15H2,1H3,(H,23,26)(H,24,27). The lowest BCUT2D eigenvalue weighted by Gasteiger charge is -2.32. The van der Waals surface area contributed by atoms with Crippen molar-refractivity contribution in [2.24, 2.45) is 5.92 Å². The SMILES string of the molecule is COCCNC(=O)CNC(=O)C1CCCN(C(=O)c2cccc3ccccc23)C1. The van der Waals surface area contributed by atoms with Crippen molar-refractivity contribution >= 4 is 28.5 Å². The lowest BCUT2D eigenvalue weighted by atomic mass is 9.95. The number of hydrogen-bond donors (Lipinski definition) is 2. The first-order valence-electron chi connectivity index (χ1n) is 9.90. The lowest BCUT2D eigenvalue weighted by molar-refractivity contribution is -0.129. The number of amides is 3. The molecule has 0 bridgehead atoms. The van der Waals surface area contributed by atoms with E-state index in [0.29, 0.717) is 38.2 Å². The van der Waals surface area contributed by atoms with Crippen molar-refractivity contribution in [3.63, 3.8) is 0 Å². The van der Waals surface area contributed by atoms with E-state index in [1.165, 1.54) is 0 Å². The van der Waals surface area contributed by atoms with E-state index in [4.69, 9.17) is 4.74 Å². The predicted octanol–water partition coefficient (Wildman–Crippen LogP) is 1.57. The van der Waals surface area contributed by atoms with Crippen LogP contribution in [-0.4, -0.2) is 62.5 Å². The van der Waals surface area contributed by atoms with Gasteiger partial charge in [0.05, 0.1) is 19.1 Å². The molecule has 1 unspecified atom stereocenters. The van der Waals surface area contributed by atoms with Gasteiger partial charge < -0.3 is 20.3 Å². The normalized spacial score (nSPS) is 16.4. The third-order valence-electron chi connectivity index (χ3n) is 5.15. The third kappa shape index (κ3) is 5.32. The summed E-state index contributed by atoms with van der Waals surface area (Å²) in [6.07, 6.45) is 1.46. The zero-order chi connectivity index (χ0) is 20.6. The van der Waals surface area contributed by atoms with Crippen molar-refractivity contribution in [1.29, 1.82) is 0 Å². The van der Waals surface area contributed by atoms with Crippen molar-refractivity contribution in [3.05, 3.63) is 48.0 Å². The van der Waals surface area contributed by atoms with E-state index < -0.39 is 0 Å². The van der Waals surface area contributed by atoms with Gasteiger partial charge in [-0.2, -0.15) is 0 Å². The van der Waals surface area contributed by atoms with Crippen LogP contribution >= 0.6 is 0 Å². The van der Waals surface area contributed by atoms with Gasteiger partial charge in [0.15, 0.2) is 0 Å². The van der Waals surface area contributed by atoms with Crippen LogP contribution in [0.15, 0.2) is 42.5 Å². The average Bonchev–Trinajstić information content (AvgIpc) is 2.77. The summed E-state index contributed by atoms with van der Waals surface area (Å²) in [5.41, 5.74) is 0.654. The molecule has 7 nitrogen and oxygen atoms in total. The number of rotatable bonds is 7. The molecule has 154 valence electrons. The highest BCUT2D eigenvalue weighted by Gasteiger charge is 2.29. The average molecular weight is 397 g/mol. The van der Waals surface area contributed by atoms with E-state index in [9.17, 15) is 14.4 Å². The maximum Gasteiger partial charge on any atom is 0.254 e. The molecule has 2 aromatic rings. The van der Waals surface area contributed by atoms with Gasteiger partial charge in [-0.05, 0) is 29.7 Å². The summed E-state index contributed by atoms with van der Waals surface area (Å²) < 4.78 is 4.87. The van der Waals surface area contributed by atoms with Crippen molar-refractivity contribution in [2.45, 2.75) is 12.8 Å². The molecule has 1 aliphatic heterocycles. The fraction of sp³-hybridized carbons (Fsp3) is 0.409. The predicted molar refractivity (Wildman–Crippen MR) is 110 cm³/mol. The summed E-state index contributed by atoms with van der Waals surface area (Å²) in [6, 6.07) is 13.5. The Morgan fingerprint density at radius 2 is 1.90 bits per heavy atom. The van der Waals surface area contributed by atoms with Crippen molar-refractivity contribution in [1.82, 2.24) is 15.5 Å². The highest BCUT2D eigenvalue weighted by atomic mass is 16.5. The Hall–Kier alpha value is -2.93. The summed E-state index contributed by atoms with van der Waals surface area (Å²) >= 11 is 0. The molecule has 1 heterocycles. The highest BCUT2D eigenvalue weighted by Crippen LogP contribution is 2.23. The summed E-state index contributed by atoms with van der Waals surface area (Å²) in [7, 11) is 1.56. The summed E-state index contributed by atoms with van der Waals surface area (Å²) in [5, 5.41) is 7.28. The van der Waals surface area contributed by atoms with Gasteiger partial charge in [-0.3, -0.25) is 14.4 Å². The van der Waals surface area contributed by atoms with Crippen molar-refractivity contribution < 1.29 is 19.1 Å². The van der Waals surface area contributed by atoms with Crippen LogP contribution in [0.3, 0.4) is 0 Å². The smallest absolute Gasteiger partial charge is 0.254 e. The van der Waals surface area contributed by atoms with E-state index in [1.807, 2.05) is 42.5 Å². The zero-order valence-electron chi connectivity index (χ0n) is 16.6. The van der Waals surface area contributed by atoms with Crippen LogP contribution in [0.25, 0.3) is 10.8 Å². The topological polar surface area (TPSA) is 87.7 Å². The van der Waals surface area contributed by atoms with Crippen LogP contribution in [0.2, 0.25) is 0 Å². The molecular weight excluding hydrogens is 370 g/mol. The molecule has 29 heavy (non-hydrogen) atoms. The molecule has 1 saturated heterocycles. The van der Waals surface area contributed by atoms with Crippen LogP contribution in [0.4, 0.5) is 0 Å². The van der Waals surface area contributed by atoms with Gasteiger partial charge in [0, 0.05) is 32.3 Å². The largest absolute Gasteiger partial charge is 0.383 e. The number of carbonyl (C=O) groups is 3. The van der Waals surface area contributed by atoms with E-state index in [1.54, 1.807) is 12.0 Å². The molecule has 2 N–H and O–H groups in total. The molecule has 0 aromatic heterocycles. The maximum absolute atomic E-state index is 13.1. The molecule has 1 atom stereocenters. The first-order valence-corrected chi connectivity index (χ1v) is 9.90. The minimum absolute atomic E-state index is 0.0587. The quantitative estimate of drug-likeness (QED) is 0.695. The fourth-order valence-electron chi connectivity index (χ4n) is 3.62. The molecule has 1 aliphatic rings. The Morgan fingerprint density at radius 3 is 2.72 bits per heavy atom. The Labute approximate surface area is 170 Å². The molecule has 1 fully saturated rings. The van der Waals surface area contributed by atoms with E-state index in [2.05, 4.69) is 10.6 Å². The Kier molecular flexibility index (Phi) is 7.19. The van der Waals surface area contributed by atoms with Crippen LogP contribution < -0.4 is 10.6 Å². The van der Waals surface area contributed by atoms with Gasteiger partial charge >= 0.3 is 0 Å². The minimum atomic E-state index is -0.311. The summed E-state index contributed by atoms with van der Waals surface area (Å²) in [5.74, 6) is -0.816. The van der Waals surface area contributed by atoms with Crippen LogP contribution in [0, 0.1) is 5.92 Å². The molecule has 0 radical (unpaired) electrons. The van der Waals surface area contributed by atoms with E-state index >= 15 is 0 Å². The molecule has 0 saturated carbocycles. The number of fused-ring (bicyclic) bond motifs is 1. The zero-order valence-corrected chi connectivity index (χ0v) is 16.6. The van der Waals surface area contributed by atoms with Crippen molar-refractivity contribution in [3.8, 4) is 0 Å². The maximum atomic E-state index is 13.1. The Morgan fingerprint density at radius 1 is 1.10 bits per heavy atom. The van der Waals surface area contributed by atoms with Gasteiger partial charge in [-0.25, -0.2) is 0 Å². The number of ether oxygens (including phenoxy) is 1. The molecule has 0 spiro atoms. The molecule has 3 amide bonds. The molecule has 7 heteroatoms. The number of methoxy groups -OCH3 is 1. The lowest BCUT2D eigenvalue weighted by Crippen LogP contribution is -2.47. The number of nitrogens with one attached hydrogen (secondary N) is 2. The second kappa shape index (κ2) is 10.0. The Bertz CT molecular complexity index is 878. The molecule has 3 rings (SSSR count). The van der Waals surface area contributed by atoms with Crippen molar-refractivity contribution in [2.75, 3.05) is 39.9 Å². The first-order chi connectivity index (χ1) is 14.1. The second-order valence-electron chi connectivity index (χ2n) is 7.18. The van der Waals surface area contributed by atoms with Gasteiger partial charge in [0.2, 0.25) is 11.8 Å². The van der Waals surface area contributed by atoms with Gasteiger partial charge in [-0.1, -0.05) is 36.4 Å². The number of nitrogens with zero attached hydrogens (tertiary/aromatic N) is 1. The monoisotopic (exact) mass is 397 g/mol. The van der Waals surface area contributed by atoms with E-state index in [0.717, 1.165) is 17.2 Å². The number of piperidine rings is 1. The van der Waals surface area contributed by atoms with Crippen LogP contribution in [0.5, 0.6) is 0 Å². The highest BCUT2D eigenvalue weighted by molar-refractivity contribution is 6.07. The minimum Gasteiger partial charge on any atom is -0.383 e. The number of likely N-dealkylation sites (tertiary alicyclic amines) is 1. The summed E-state index contributed by atoms with van der Waals surface area (Å²) in [4.78, 5) is 39.1. The van der Waals surface area contributed by atoms with Gasteiger partial charge in [0.25, 0.3) is 5.91 Å². The van der Waals surface area contributed by atoms with Crippen LogP contribution in [-0.2, 0) is 14.3 Å². The Balaban J connectivity index is 1.59. The summed E-state index contributed by atoms with van der Waals surface area (Å²) in [6.45, 7) is 1.74. The second-order valence-corrected chi connectivity index (χ2v) is 7.18. The molecule has 2 aromatic carbocycles. The number of carbonyl (C=O) groups excluding carboxylic acids is 3. The van der Waals surface area contributed by atoms with Crippen LogP contribution in [0.1, 0.15) is 23.2 Å². The fourth-order valence-corrected chi connectivity index (χ4v) is 3.62.